The van der Waals surface area contributed by atoms with E-state index in [0.29, 0.717) is 19.3 Å². The van der Waals surface area contributed by atoms with Crippen LogP contribution in [0.5, 0.6) is 5.75 Å². The fourth-order valence-electron chi connectivity index (χ4n) is 3.86. The smallest absolute Gasteiger partial charge is 0.421 e. The highest BCUT2D eigenvalue weighted by Gasteiger charge is 2.42. The minimum absolute atomic E-state index is 0.0300. The Hall–Kier alpha value is -3.15. The van der Waals surface area contributed by atoms with Gasteiger partial charge in [0.15, 0.2) is 0 Å². The van der Waals surface area contributed by atoms with E-state index in [9.17, 15) is 22.4 Å². The lowest BCUT2D eigenvalue weighted by molar-refractivity contribution is -0.137. The van der Waals surface area contributed by atoms with Crippen molar-refractivity contribution in [1.29, 1.82) is 0 Å². The van der Waals surface area contributed by atoms with Gasteiger partial charge in [-0.05, 0) is 19.4 Å². The molecule has 0 saturated carbocycles. The molecule has 2 unspecified atom stereocenters. The number of carbonyl (C=O) groups excluding carboxylic acids is 1. The lowest BCUT2D eigenvalue weighted by Gasteiger charge is -2.27. The molecule has 0 spiro atoms. The number of morpholine rings is 1. The number of benzene rings is 1. The number of hydrogen-bond donors (Lipinski definition) is 2. The first kappa shape index (κ1) is 22.1. The zero-order chi connectivity index (χ0) is 23.0. The molecule has 2 bridgehead atoms. The number of amides is 1. The van der Waals surface area contributed by atoms with Gasteiger partial charge in [0.05, 0.1) is 37.1 Å². The standard InChI is InChI=1S/C20H21F4N5O3/c1-3-25-17-13(20(22,23)24)7-26-19(28-17)27-15-6-14(21)12(5-16(15)31-2)18(30)29-8-11-4-10(29)9-32-11/h5-7,10-11H,3-4,8-9H2,1-2H3,(H2,25,26,27,28). The van der Waals surface area contributed by atoms with Crippen LogP contribution in [0.1, 0.15) is 29.3 Å². The Morgan fingerprint density at radius 3 is 2.75 bits per heavy atom. The van der Waals surface area contributed by atoms with E-state index in [0.717, 1.165) is 12.5 Å². The lowest BCUT2D eigenvalue weighted by atomic mass is 10.1. The molecule has 3 heterocycles. The molecule has 2 N–H and O–H groups in total. The van der Waals surface area contributed by atoms with Gasteiger partial charge in [0.25, 0.3) is 5.91 Å². The van der Waals surface area contributed by atoms with Gasteiger partial charge < -0.3 is 25.0 Å². The predicted octanol–water partition coefficient (Wildman–Crippen LogP) is 3.43. The molecule has 0 aliphatic carbocycles. The second-order valence-electron chi connectivity index (χ2n) is 7.44. The van der Waals surface area contributed by atoms with Gasteiger partial charge in [-0.3, -0.25) is 4.79 Å². The summed E-state index contributed by atoms with van der Waals surface area (Å²) in [6.45, 7) is 2.66. The van der Waals surface area contributed by atoms with Crippen molar-refractivity contribution in [2.24, 2.45) is 0 Å². The normalized spacial score (nSPS) is 19.9. The largest absolute Gasteiger partial charge is 0.495 e. The summed E-state index contributed by atoms with van der Waals surface area (Å²) in [5.41, 5.74) is -1.12. The van der Waals surface area contributed by atoms with E-state index in [1.54, 1.807) is 11.8 Å². The predicted molar refractivity (Wildman–Crippen MR) is 107 cm³/mol. The zero-order valence-corrected chi connectivity index (χ0v) is 17.3. The Bertz CT molecular complexity index is 1030. The van der Waals surface area contributed by atoms with Crippen molar-refractivity contribution in [3.05, 3.63) is 35.3 Å². The third kappa shape index (κ3) is 4.14. The molecule has 0 radical (unpaired) electrons. The molecule has 1 aromatic heterocycles. The third-order valence-electron chi connectivity index (χ3n) is 5.37. The quantitative estimate of drug-likeness (QED) is 0.646. The van der Waals surface area contributed by atoms with E-state index < -0.39 is 29.3 Å². The van der Waals surface area contributed by atoms with Crippen molar-refractivity contribution < 1.29 is 31.8 Å². The van der Waals surface area contributed by atoms with E-state index in [-0.39, 0.29) is 41.6 Å². The van der Waals surface area contributed by atoms with Gasteiger partial charge in [-0.25, -0.2) is 9.37 Å². The molecule has 8 nitrogen and oxygen atoms in total. The highest BCUT2D eigenvalue weighted by Crippen LogP contribution is 2.36. The van der Waals surface area contributed by atoms with Crippen LogP contribution in [0.2, 0.25) is 0 Å². The summed E-state index contributed by atoms with van der Waals surface area (Å²) in [5.74, 6) is -1.76. The molecule has 2 atom stereocenters. The number of anilines is 3. The number of aromatic nitrogens is 2. The first-order valence-corrected chi connectivity index (χ1v) is 9.96. The Balaban J connectivity index is 1.61. The molecule has 2 aliphatic heterocycles. The zero-order valence-electron chi connectivity index (χ0n) is 17.3. The summed E-state index contributed by atoms with van der Waals surface area (Å²) >= 11 is 0. The van der Waals surface area contributed by atoms with E-state index in [1.807, 2.05) is 0 Å². The molecule has 2 saturated heterocycles. The van der Waals surface area contributed by atoms with Crippen LogP contribution in [0.4, 0.5) is 35.0 Å². The molecule has 1 amide bonds. The first-order valence-electron chi connectivity index (χ1n) is 9.96. The number of carbonyl (C=O) groups is 1. The number of likely N-dealkylation sites (tertiary alicyclic amines) is 1. The van der Waals surface area contributed by atoms with E-state index >= 15 is 0 Å². The topological polar surface area (TPSA) is 88.6 Å². The van der Waals surface area contributed by atoms with E-state index in [1.165, 1.54) is 13.2 Å². The van der Waals surface area contributed by atoms with E-state index in [2.05, 4.69) is 20.6 Å². The number of methoxy groups -OCH3 is 1. The van der Waals surface area contributed by atoms with Crippen molar-refractivity contribution in [3.63, 3.8) is 0 Å². The maximum absolute atomic E-state index is 14.9. The Morgan fingerprint density at radius 2 is 2.16 bits per heavy atom. The molecule has 4 rings (SSSR count). The van der Waals surface area contributed by atoms with Crippen LogP contribution in [-0.4, -0.2) is 59.7 Å². The SMILES string of the molecule is CCNc1nc(Nc2cc(F)c(C(=O)N3CC4CC3CO4)cc2OC)ncc1C(F)(F)F. The highest BCUT2D eigenvalue weighted by molar-refractivity contribution is 5.96. The summed E-state index contributed by atoms with van der Waals surface area (Å²) in [6, 6.07) is 2.20. The summed E-state index contributed by atoms with van der Waals surface area (Å²) < 4.78 is 65.1. The second kappa shape index (κ2) is 8.41. The molecule has 172 valence electrons. The number of ether oxygens (including phenoxy) is 2. The number of alkyl halides is 3. The maximum atomic E-state index is 14.9. The average Bonchev–Trinajstić information content (AvgIpc) is 3.37. The van der Waals surface area contributed by atoms with Gasteiger partial charge in [-0.15, -0.1) is 0 Å². The van der Waals surface area contributed by atoms with Crippen molar-refractivity contribution >= 4 is 23.4 Å². The fourth-order valence-corrected chi connectivity index (χ4v) is 3.86. The first-order chi connectivity index (χ1) is 15.2. The van der Waals surface area contributed by atoms with Crippen LogP contribution < -0.4 is 15.4 Å². The Labute approximate surface area is 180 Å². The number of nitrogens with one attached hydrogen (secondary N) is 2. The van der Waals surface area contributed by atoms with Gasteiger partial charge in [-0.2, -0.15) is 18.2 Å². The van der Waals surface area contributed by atoms with Crippen molar-refractivity contribution in [2.75, 3.05) is 37.4 Å². The minimum atomic E-state index is -4.64. The number of fused-ring (bicyclic) bond motifs is 2. The number of rotatable bonds is 6. The van der Waals surface area contributed by atoms with Crippen LogP contribution in [0.3, 0.4) is 0 Å². The van der Waals surface area contributed by atoms with E-state index in [4.69, 9.17) is 9.47 Å². The van der Waals surface area contributed by atoms with Gasteiger partial charge >= 0.3 is 6.18 Å². The Kier molecular flexibility index (Phi) is 5.80. The second-order valence-corrected chi connectivity index (χ2v) is 7.44. The van der Waals surface area contributed by atoms with Gasteiger partial charge in [0.1, 0.15) is 22.9 Å². The molecule has 2 aliphatic rings. The van der Waals surface area contributed by atoms with Crippen molar-refractivity contribution in [2.45, 2.75) is 31.7 Å². The van der Waals surface area contributed by atoms with Gasteiger partial charge in [-0.1, -0.05) is 0 Å². The fraction of sp³-hybridized carbons (Fsp3) is 0.450. The molecule has 1 aromatic carbocycles. The minimum Gasteiger partial charge on any atom is -0.495 e. The maximum Gasteiger partial charge on any atom is 0.421 e. The van der Waals surface area contributed by atoms with Gasteiger partial charge in [0, 0.05) is 25.4 Å². The number of hydrogen-bond acceptors (Lipinski definition) is 7. The molecule has 32 heavy (non-hydrogen) atoms. The van der Waals surface area contributed by atoms with Crippen LogP contribution in [0.25, 0.3) is 0 Å². The number of nitrogens with zero attached hydrogens (tertiary/aromatic N) is 3. The number of halogens is 4. The monoisotopic (exact) mass is 455 g/mol. The van der Waals surface area contributed by atoms with Crippen LogP contribution >= 0.6 is 0 Å². The average molecular weight is 455 g/mol. The highest BCUT2D eigenvalue weighted by atomic mass is 19.4. The molecule has 2 aromatic rings. The van der Waals surface area contributed by atoms with Gasteiger partial charge in [0.2, 0.25) is 5.95 Å². The lowest BCUT2D eigenvalue weighted by Crippen LogP contribution is -2.41. The molecule has 12 heteroatoms. The van der Waals surface area contributed by atoms with Crippen molar-refractivity contribution in [3.8, 4) is 5.75 Å². The summed E-state index contributed by atoms with van der Waals surface area (Å²) in [5, 5.41) is 5.21. The Morgan fingerprint density at radius 1 is 1.38 bits per heavy atom. The third-order valence-corrected chi connectivity index (χ3v) is 5.37. The molecular weight excluding hydrogens is 434 g/mol. The van der Waals surface area contributed by atoms with Crippen LogP contribution in [-0.2, 0) is 10.9 Å². The summed E-state index contributed by atoms with van der Waals surface area (Å²) in [7, 11) is 1.33. The van der Waals surface area contributed by atoms with Crippen molar-refractivity contribution in [1.82, 2.24) is 14.9 Å². The molecular formula is C20H21F4N5O3. The summed E-state index contributed by atoms with van der Waals surface area (Å²) in [4.78, 5) is 22.0. The van der Waals surface area contributed by atoms with Crippen LogP contribution in [0, 0.1) is 5.82 Å². The molecule has 2 fully saturated rings. The summed E-state index contributed by atoms with van der Waals surface area (Å²) in [6.07, 6.45) is -3.30. The van der Waals surface area contributed by atoms with Crippen LogP contribution in [0.15, 0.2) is 18.3 Å².